The number of methoxy groups -OCH3 is 1. The van der Waals surface area contributed by atoms with Gasteiger partial charge < -0.3 is 14.8 Å². The molecule has 1 N–H and O–H groups in total. The maximum Gasteiger partial charge on any atom is 0.188 e. The first-order chi connectivity index (χ1) is 11.6. The Bertz CT molecular complexity index is 686. The lowest BCUT2D eigenvalue weighted by atomic mass is 10.1. The van der Waals surface area contributed by atoms with Gasteiger partial charge in [-0.25, -0.2) is 0 Å². The van der Waals surface area contributed by atoms with Gasteiger partial charge in [0.2, 0.25) is 0 Å². The molecule has 0 bridgehead atoms. The van der Waals surface area contributed by atoms with Crippen LogP contribution in [0.15, 0.2) is 30.3 Å². The Morgan fingerprint density at radius 1 is 1.08 bits per heavy atom. The molecule has 2 rings (SSSR count). The fourth-order valence-electron chi connectivity index (χ4n) is 2.81. The molecule has 0 fully saturated rings. The highest BCUT2D eigenvalue weighted by Gasteiger charge is 2.13. The van der Waals surface area contributed by atoms with E-state index in [9.17, 15) is 0 Å². The summed E-state index contributed by atoms with van der Waals surface area (Å²) < 4.78 is 11.0. The van der Waals surface area contributed by atoms with Crippen LogP contribution in [0.2, 0.25) is 0 Å². The first-order valence-electron chi connectivity index (χ1n) is 8.36. The normalized spacial score (nSPS) is 11.4. The van der Waals surface area contributed by atoms with Crippen molar-refractivity contribution in [3.63, 3.8) is 0 Å². The molecular weight excluding hydrogens is 317 g/mol. The van der Waals surface area contributed by atoms with Gasteiger partial charge in [-0.15, -0.1) is 0 Å². The Balaban J connectivity index is 2.40. The molecule has 0 aliphatic carbocycles. The predicted octanol–water partition coefficient (Wildman–Crippen LogP) is 3.33. The van der Waals surface area contributed by atoms with Crippen molar-refractivity contribution in [2.75, 3.05) is 20.4 Å². The van der Waals surface area contributed by atoms with Gasteiger partial charge in [-0.05, 0) is 60.9 Å². The van der Waals surface area contributed by atoms with Gasteiger partial charge in [0.05, 0.1) is 0 Å². The number of ether oxygens (including phenoxy) is 2. The lowest BCUT2D eigenvalue weighted by Crippen LogP contribution is -2.21. The van der Waals surface area contributed by atoms with E-state index in [0.717, 1.165) is 24.4 Å². The summed E-state index contributed by atoms with van der Waals surface area (Å²) in [4.78, 5) is 0. The van der Waals surface area contributed by atoms with E-state index < -0.39 is 0 Å². The van der Waals surface area contributed by atoms with Crippen molar-refractivity contribution in [2.24, 2.45) is 0 Å². The molecule has 1 unspecified atom stereocenters. The van der Waals surface area contributed by atoms with Crippen molar-refractivity contribution in [2.45, 2.75) is 34.2 Å². The van der Waals surface area contributed by atoms with Gasteiger partial charge >= 0.3 is 0 Å². The van der Waals surface area contributed by atoms with Crippen LogP contribution in [0.4, 0.5) is 0 Å². The Hall–Kier alpha value is -1.41. The Morgan fingerprint density at radius 3 is 2.58 bits per heavy atom. The molecule has 0 saturated carbocycles. The highest BCUT2D eigenvalue weighted by atomic mass is 31.1. The molecule has 0 aliphatic heterocycles. The van der Waals surface area contributed by atoms with Crippen molar-refractivity contribution < 1.29 is 9.47 Å². The predicted molar refractivity (Wildman–Crippen MR) is 105 cm³/mol. The summed E-state index contributed by atoms with van der Waals surface area (Å²) in [6, 6.07) is 10.9. The van der Waals surface area contributed by atoms with Crippen molar-refractivity contribution in [3.8, 4) is 5.75 Å². The van der Waals surface area contributed by atoms with E-state index in [-0.39, 0.29) is 6.79 Å². The molecule has 2 aromatic rings. The van der Waals surface area contributed by atoms with Crippen molar-refractivity contribution in [1.29, 1.82) is 0 Å². The van der Waals surface area contributed by atoms with Crippen LogP contribution in [0.5, 0.6) is 5.75 Å². The smallest absolute Gasteiger partial charge is 0.188 e. The molecule has 0 radical (unpaired) electrons. The summed E-state index contributed by atoms with van der Waals surface area (Å²) in [5.74, 6) is 0.957. The first-order valence-corrected chi connectivity index (χ1v) is 9.36. The SMILES string of the molecule is CCNCc1cccc(C)c1Pc1cc(C)cc(C)c1OCOC. The molecule has 0 saturated heterocycles. The molecule has 0 aliphatic rings. The second-order valence-electron chi connectivity index (χ2n) is 6.02. The van der Waals surface area contributed by atoms with E-state index in [0.29, 0.717) is 8.58 Å². The third kappa shape index (κ3) is 4.80. The van der Waals surface area contributed by atoms with E-state index in [1.54, 1.807) is 7.11 Å². The van der Waals surface area contributed by atoms with Gasteiger partial charge in [0.1, 0.15) is 5.75 Å². The van der Waals surface area contributed by atoms with Crippen LogP contribution >= 0.6 is 8.58 Å². The Labute approximate surface area is 147 Å². The van der Waals surface area contributed by atoms with Crippen LogP contribution < -0.4 is 20.7 Å². The number of aryl methyl sites for hydroxylation is 3. The number of benzene rings is 2. The van der Waals surface area contributed by atoms with E-state index in [1.165, 1.54) is 27.3 Å². The van der Waals surface area contributed by atoms with Crippen molar-refractivity contribution in [3.05, 3.63) is 52.6 Å². The van der Waals surface area contributed by atoms with Crippen LogP contribution in [0.3, 0.4) is 0 Å². The fraction of sp³-hybridized carbons (Fsp3) is 0.400. The quantitative estimate of drug-likeness (QED) is 0.588. The fourth-order valence-corrected chi connectivity index (χ4v) is 4.37. The second-order valence-corrected chi connectivity index (χ2v) is 7.31. The highest BCUT2D eigenvalue weighted by Crippen LogP contribution is 2.27. The molecule has 0 aromatic heterocycles. The second kappa shape index (κ2) is 9.17. The minimum absolute atomic E-state index is 0.277. The zero-order chi connectivity index (χ0) is 17.5. The van der Waals surface area contributed by atoms with Crippen LogP contribution in [-0.4, -0.2) is 20.4 Å². The van der Waals surface area contributed by atoms with E-state index in [1.807, 2.05) is 0 Å². The minimum Gasteiger partial charge on any atom is -0.467 e. The lowest BCUT2D eigenvalue weighted by molar-refractivity contribution is 0.0514. The summed E-state index contributed by atoms with van der Waals surface area (Å²) in [6.07, 6.45) is 0. The number of hydrogen-bond acceptors (Lipinski definition) is 3. The zero-order valence-corrected chi connectivity index (χ0v) is 16.3. The van der Waals surface area contributed by atoms with E-state index >= 15 is 0 Å². The first kappa shape index (κ1) is 18.9. The Kier molecular flexibility index (Phi) is 7.23. The molecule has 0 amide bonds. The summed E-state index contributed by atoms with van der Waals surface area (Å²) in [6.45, 7) is 10.7. The van der Waals surface area contributed by atoms with Gasteiger partial charge in [-0.1, -0.05) is 39.8 Å². The van der Waals surface area contributed by atoms with Crippen LogP contribution in [0.25, 0.3) is 0 Å². The van der Waals surface area contributed by atoms with Gasteiger partial charge in [0.15, 0.2) is 6.79 Å². The van der Waals surface area contributed by atoms with Gasteiger partial charge in [0.25, 0.3) is 0 Å². The average molecular weight is 345 g/mol. The topological polar surface area (TPSA) is 30.5 Å². The highest BCUT2D eigenvalue weighted by molar-refractivity contribution is 7.56. The molecule has 24 heavy (non-hydrogen) atoms. The Morgan fingerprint density at radius 2 is 1.88 bits per heavy atom. The monoisotopic (exact) mass is 345 g/mol. The maximum absolute atomic E-state index is 5.87. The largest absolute Gasteiger partial charge is 0.467 e. The third-order valence-corrected chi connectivity index (χ3v) is 5.53. The number of hydrogen-bond donors (Lipinski definition) is 1. The summed E-state index contributed by atoms with van der Waals surface area (Å²) in [5.41, 5.74) is 5.13. The lowest BCUT2D eigenvalue weighted by Gasteiger charge is -2.18. The van der Waals surface area contributed by atoms with E-state index in [2.05, 4.69) is 63.3 Å². The number of nitrogens with one attached hydrogen (secondary N) is 1. The summed E-state index contributed by atoms with van der Waals surface area (Å²) in [7, 11) is 2.22. The molecule has 0 spiro atoms. The average Bonchev–Trinajstić information content (AvgIpc) is 2.54. The third-order valence-electron chi connectivity index (χ3n) is 3.92. The minimum atomic E-state index is 0.277. The molecule has 3 nitrogen and oxygen atoms in total. The number of rotatable bonds is 8. The van der Waals surface area contributed by atoms with Crippen LogP contribution in [-0.2, 0) is 11.3 Å². The molecule has 1 atom stereocenters. The molecular formula is C20H28NO2P. The molecule has 4 heteroatoms. The zero-order valence-electron chi connectivity index (χ0n) is 15.3. The van der Waals surface area contributed by atoms with E-state index in [4.69, 9.17) is 9.47 Å². The van der Waals surface area contributed by atoms with Crippen LogP contribution in [0, 0.1) is 20.8 Å². The van der Waals surface area contributed by atoms with Gasteiger partial charge in [0, 0.05) is 19.0 Å². The molecule has 0 heterocycles. The summed E-state index contributed by atoms with van der Waals surface area (Å²) in [5, 5.41) is 6.10. The maximum atomic E-state index is 5.87. The molecule has 2 aromatic carbocycles. The van der Waals surface area contributed by atoms with Crippen molar-refractivity contribution in [1.82, 2.24) is 5.32 Å². The van der Waals surface area contributed by atoms with Crippen LogP contribution in [0.1, 0.15) is 29.2 Å². The van der Waals surface area contributed by atoms with Gasteiger partial charge in [-0.2, -0.15) is 0 Å². The standard InChI is InChI=1S/C20H28NO2P/c1-6-21-12-17-9-7-8-15(3)20(17)24-18-11-14(2)10-16(4)19(18)23-13-22-5/h7-11,21,24H,6,12-13H2,1-5H3. The molecule has 130 valence electrons. The van der Waals surface area contributed by atoms with Crippen molar-refractivity contribution >= 4 is 19.2 Å². The summed E-state index contributed by atoms with van der Waals surface area (Å²) >= 11 is 0. The van der Waals surface area contributed by atoms with Gasteiger partial charge in [-0.3, -0.25) is 0 Å².